The van der Waals surface area contributed by atoms with Crippen LogP contribution in [0.4, 0.5) is 0 Å². The highest BCUT2D eigenvalue weighted by Crippen LogP contribution is 2.35. The SMILES string of the molecule is CO[C@@H]1[C@@H](O[C@@H]2[C@H](O)[C@H](C)O[C@@H](O[C@@H]3[C@@H](O)[C@H](C)O[C@@H](O[C@@H]4[C@H](O)[C@H](O)[C@H](C)O[C@H]4O)[C@@H]3O)[C@H]2OC)O[C@H](C)[C@@H](O)[C@@H]1O. The second-order valence-electron chi connectivity index (χ2n) is 11.5. The first-order valence-electron chi connectivity index (χ1n) is 14.3. The summed E-state index contributed by atoms with van der Waals surface area (Å²) in [7, 11) is 2.59. The van der Waals surface area contributed by atoms with Gasteiger partial charge in [-0.05, 0) is 27.7 Å². The smallest absolute Gasteiger partial charge is 0.187 e. The van der Waals surface area contributed by atoms with Crippen LogP contribution in [-0.4, -0.2) is 178 Å². The lowest BCUT2D eigenvalue weighted by atomic mass is 9.96. The van der Waals surface area contributed by atoms with Crippen molar-refractivity contribution in [3.63, 3.8) is 0 Å². The molecule has 4 aliphatic heterocycles. The third-order valence-corrected chi connectivity index (χ3v) is 8.55. The van der Waals surface area contributed by atoms with Gasteiger partial charge in [-0.15, -0.1) is 0 Å². The second-order valence-corrected chi connectivity index (χ2v) is 11.5. The summed E-state index contributed by atoms with van der Waals surface area (Å²) in [5.74, 6) is 0. The Balaban J connectivity index is 1.51. The maximum Gasteiger partial charge on any atom is 0.187 e. The van der Waals surface area contributed by atoms with E-state index in [-0.39, 0.29) is 0 Å². The molecule has 17 heteroatoms. The molecule has 0 radical (unpaired) electrons. The van der Waals surface area contributed by atoms with Gasteiger partial charge in [-0.2, -0.15) is 0 Å². The first-order valence-corrected chi connectivity index (χ1v) is 14.3. The van der Waals surface area contributed by atoms with Gasteiger partial charge >= 0.3 is 0 Å². The number of aliphatic hydroxyl groups excluding tert-OH is 8. The molecule has 0 amide bonds. The Kier molecular flexibility index (Phi) is 11.8. The van der Waals surface area contributed by atoms with Crippen molar-refractivity contribution in [3.8, 4) is 0 Å². The van der Waals surface area contributed by atoms with Gasteiger partial charge in [0, 0.05) is 14.2 Å². The lowest BCUT2D eigenvalue weighted by Crippen LogP contribution is -2.66. The van der Waals surface area contributed by atoms with Crippen molar-refractivity contribution in [1.29, 1.82) is 0 Å². The highest BCUT2D eigenvalue weighted by Gasteiger charge is 2.54. The van der Waals surface area contributed by atoms with Gasteiger partial charge in [-0.25, -0.2) is 0 Å². The van der Waals surface area contributed by atoms with E-state index in [0.717, 1.165) is 0 Å². The van der Waals surface area contributed by atoms with Crippen molar-refractivity contribution in [1.82, 2.24) is 0 Å². The molecule has 4 fully saturated rings. The monoisotopic (exact) mass is 630 g/mol. The number of hydrogen-bond acceptors (Lipinski definition) is 17. The van der Waals surface area contributed by atoms with Crippen LogP contribution < -0.4 is 0 Å². The van der Waals surface area contributed by atoms with Gasteiger partial charge in [-0.1, -0.05) is 0 Å². The first-order chi connectivity index (χ1) is 20.2. The first kappa shape index (κ1) is 35.2. The fourth-order valence-electron chi connectivity index (χ4n) is 5.76. The quantitative estimate of drug-likeness (QED) is 0.126. The molecule has 0 aliphatic carbocycles. The van der Waals surface area contributed by atoms with Crippen molar-refractivity contribution >= 4 is 0 Å². The summed E-state index contributed by atoms with van der Waals surface area (Å²) in [5, 5.41) is 84.7. The number of rotatable bonds is 8. The van der Waals surface area contributed by atoms with Gasteiger partial charge in [0.15, 0.2) is 25.2 Å². The van der Waals surface area contributed by atoms with Crippen LogP contribution in [0.25, 0.3) is 0 Å². The molecule has 20 atom stereocenters. The molecule has 4 aliphatic rings. The molecule has 0 aromatic heterocycles. The Labute approximate surface area is 248 Å². The maximum absolute atomic E-state index is 11.2. The molecule has 4 heterocycles. The number of hydrogen-bond donors (Lipinski definition) is 8. The van der Waals surface area contributed by atoms with Gasteiger partial charge in [0.05, 0.1) is 24.4 Å². The Morgan fingerprint density at radius 2 is 0.767 bits per heavy atom. The van der Waals surface area contributed by atoms with Crippen LogP contribution in [-0.2, 0) is 42.6 Å². The van der Waals surface area contributed by atoms with E-state index in [9.17, 15) is 40.9 Å². The van der Waals surface area contributed by atoms with E-state index < -0.39 is 123 Å². The molecule has 0 saturated carbocycles. The Bertz CT molecular complexity index is 885. The summed E-state index contributed by atoms with van der Waals surface area (Å²) in [6, 6.07) is 0. The Morgan fingerprint density at radius 3 is 1.33 bits per heavy atom. The van der Waals surface area contributed by atoms with Gasteiger partial charge in [0.2, 0.25) is 0 Å². The minimum absolute atomic E-state index is 0.837. The third kappa shape index (κ3) is 7.03. The van der Waals surface area contributed by atoms with Crippen LogP contribution in [0.2, 0.25) is 0 Å². The topological polar surface area (TPSA) is 245 Å². The van der Waals surface area contributed by atoms with Crippen LogP contribution in [0.1, 0.15) is 27.7 Å². The summed E-state index contributed by atoms with van der Waals surface area (Å²) < 4.78 is 50.9. The average molecular weight is 631 g/mol. The normalized spacial score (nSPS) is 54.8. The highest BCUT2D eigenvalue weighted by atomic mass is 16.8. The van der Waals surface area contributed by atoms with Crippen molar-refractivity contribution in [2.45, 2.75) is 151 Å². The van der Waals surface area contributed by atoms with E-state index in [2.05, 4.69) is 0 Å². The van der Waals surface area contributed by atoms with Crippen LogP contribution >= 0.6 is 0 Å². The average Bonchev–Trinajstić information content (AvgIpc) is 2.96. The summed E-state index contributed by atoms with van der Waals surface area (Å²) in [6.45, 7) is 5.99. The van der Waals surface area contributed by atoms with Crippen molar-refractivity contribution < 1.29 is 83.5 Å². The number of aliphatic hydroxyl groups is 8. The standard InChI is InChI=1S/C26H46O17/c1-7-11(27)15(31)20(23(34)37-7)43-24-17(33)18(13(29)9(3)38-24)41-26-22(36-6)19(14(30)10(4)40-26)42-25-21(35-5)16(32)12(28)8(2)39-25/h7-34H,1-6H3/t7-,8+,9-,10-,11+,12+,13-,14+,15+,16-,17+,18+,19+,20+,21-,22-,23+,24-,25+,26-/m0/s1. The van der Waals surface area contributed by atoms with Crippen LogP contribution in [0.3, 0.4) is 0 Å². The lowest BCUT2D eigenvalue weighted by Gasteiger charge is -2.49. The Morgan fingerprint density at radius 1 is 0.372 bits per heavy atom. The van der Waals surface area contributed by atoms with Gasteiger partial charge < -0.3 is 83.5 Å². The minimum Gasteiger partial charge on any atom is -0.388 e. The van der Waals surface area contributed by atoms with E-state index >= 15 is 0 Å². The predicted molar refractivity (Wildman–Crippen MR) is 138 cm³/mol. The fourth-order valence-corrected chi connectivity index (χ4v) is 5.76. The number of ether oxygens (including phenoxy) is 9. The van der Waals surface area contributed by atoms with E-state index in [0.29, 0.717) is 0 Å². The zero-order valence-corrected chi connectivity index (χ0v) is 24.8. The molecule has 0 bridgehead atoms. The molecule has 4 saturated heterocycles. The zero-order valence-electron chi connectivity index (χ0n) is 24.8. The molecule has 8 N–H and O–H groups in total. The van der Waals surface area contributed by atoms with Crippen LogP contribution in [0.5, 0.6) is 0 Å². The molecular formula is C26H46O17. The fraction of sp³-hybridized carbons (Fsp3) is 1.00. The second kappa shape index (κ2) is 14.4. The minimum atomic E-state index is -1.72. The van der Waals surface area contributed by atoms with Gasteiger partial charge in [-0.3, -0.25) is 0 Å². The van der Waals surface area contributed by atoms with Crippen LogP contribution in [0.15, 0.2) is 0 Å². The summed E-state index contributed by atoms with van der Waals surface area (Å²) in [6.07, 6.45) is -26.0. The van der Waals surface area contributed by atoms with Crippen LogP contribution in [0, 0.1) is 0 Å². The summed E-state index contributed by atoms with van der Waals surface area (Å²) >= 11 is 0. The van der Waals surface area contributed by atoms with Crippen molar-refractivity contribution in [2.75, 3.05) is 14.2 Å². The van der Waals surface area contributed by atoms with Gasteiger partial charge in [0.1, 0.15) is 73.2 Å². The largest absolute Gasteiger partial charge is 0.388 e. The third-order valence-electron chi connectivity index (χ3n) is 8.55. The highest BCUT2D eigenvalue weighted by molar-refractivity contribution is 4.97. The van der Waals surface area contributed by atoms with E-state index in [4.69, 9.17) is 42.6 Å². The summed E-state index contributed by atoms with van der Waals surface area (Å²) in [4.78, 5) is 0. The van der Waals surface area contributed by atoms with E-state index in [1.807, 2.05) is 0 Å². The maximum atomic E-state index is 11.2. The summed E-state index contributed by atoms with van der Waals surface area (Å²) in [5.41, 5.74) is 0. The predicted octanol–water partition coefficient (Wildman–Crippen LogP) is -4.33. The molecule has 0 unspecified atom stereocenters. The number of methoxy groups -OCH3 is 2. The Hall–Kier alpha value is -0.680. The zero-order chi connectivity index (χ0) is 31.9. The molecular weight excluding hydrogens is 584 g/mol. The van der Waals surface area contributed by atoms with Crippen molar-refractivity contribution in [2.24, 2.45) is 0 Å². The van der Waals surface area contributed by atoms with Gasteiger partial charge in [0.25, 0.3) is 0 Å². The molecule has 252 valence electrons. The molecule has 0 spiro atoms. The molecule has 0 aromatic rings. The molecule has 17 nitrogen and oxygen atoms in total. The lowest BCUT2D eigenvalue weighted by molar-refractivity contribution is -0.388. The van der Waals surface area contributed by atoms with E-state index in [1.165, 1.54) is 41.9 Å². The van der Waals surface area contributed by atoms with Crippen molar-refractivity contribution in [3.05, 3.63) is 0 Å². The molecule has 0 aromatic carbocycles. The molecule has 43 heavy (non-hydrogen) atoms. The van der Waals surface area contributed by atoms with E-state index in [1.54, 1.807) is 0 Å². The molecule has 4 rings (SSSR count).